The lowest BCUT2D eigenvalue weighted by Gasteiger charge is -2.20. The van der Waals surface area contributed by atoms with Crippen LogP contribution >= 0.6 is 0 Å². The normalized spacial score (nSPS) is 11.5. The maximum atomic E-state index is 2.41. The zero-order chi connectivity index (χ0) is 41.0. The summed E-state index contributed by atoms with van der Waals surface area (Å²) in [6.45, 7) is 0. The molecule has 0 bridgehead atoms. The Labute approximate surface area is 361 Å². The third kappa shape index (κ3) is 5.99. The second kappa shape index (κ2) is 14.9. The van der Waals surface area contributed by atoms with Crippen LogP contribution in [0, 0.1) is 0 Å². The molecule has 0 saturated heterocycles. The van der Waals surface area contributed by atoms with E-state index in [-0.39, 0.29) is 0 Å². The quantitative estimate of drug-likeness (QED) is 0.116. The van der Waals surface area contributed by atoms with Crippen molar-refractivity contribution < 1.29 is 0 Å². The van der Waals surface area contributed by atoms with E-state index in [2.05, 4.69) is 243 Å². The summed E-state index contributed by atoms with van der Waals surface area (Å²) in [5.74, 6) is 0. The van der Waals surface area contributed by atoms with Crippen LogP contribution < -0.4 is 0 Å². The lowest BCUT2D eigenvalue weighted by molar-refractivity contribution is 1.54. The number of hydrogen-bond donors (Lipinski definition) is 0. The molecule has 0 heterocycles. The van der Waals surface area contributed by atoms with Crippen molar-refractivity contribution in [3.63, 3.8) is 0 Å². The minimum atomic E-state index is 1.18. The highest BCUT2D eigenvalue weighted by molar-refractivity contribution is 6.25. The van der Waals surface area contributed by atoms with Crippen LogP contribution in [-0.2, 0) is 0 Å². The molecule has 0 spiro atoms. The van der Waals surface area contributed by atoms with Gasteiger partial charge in [-0.3, -0.25) is 0 Å². The topological polar surface area (TPSA) is 0 Å². The van der Waals surface area contributed by atoms with Crippen molar-refractivity contribution >= 4 is 53.9 Å². The summed E-state index contributed by atoms with van der Waals surface area (Å²) in [7, 11) is 0. The van der Waals surface area contributed by atoms with Gasteiger partial charge in [-0.2, -0.15) is 0 Å². The van der Waals surface area contributed by atoms with E-state index in [1.54, 1.807) is 0 Å². The van der Waals surface area contributed by atoms with Gasteiger partial charge in [0.2, 0.25) is 0 Å². The molecular weight excluding hydrogens is 745 g/mol. The van der Waals surface area contributed by atoms with E-state index in [1.807, 2.05) is 0 Å². The van der Waals surface area contributed by atoms with E-state index in [9.17, 15) is 0 Å². The number of rotatable bonds is 6. The van der Waals surface area contributed by atoms with Crippen LogP contribution in [0.1, 0.15) is 0 Å². The number of hydrogen-bond acceptors (Lipinski definition) is 0. The van der Waals surface area contributed by atoms with Gasteiger partial charge in [-0.15, -0.1) is 0 Å². The molecule has 12 rings (SSSR count). The molecule has 0 aromatic heterocycles. The first-order valence-electron chi connectivity index (χ1n) is 21.5. The highest BCUT2D eigenvalue weighted by atomic mass is 14.2. The molecule has 0 unspecified atom stereocenters. The van der Waals surface area contributed by atoms with Crippen molar-refractivity contribution in [2.24, 2.45) is 0 Å². The summed E-state index contributed by atoms with van der Waals surface area (Å²) in [5, 5.41) is 12.6. The highest BCUT2D eigenvalue weighted by Crippen LogP contribution is 2.48. The summed E-state index contributed by atoms with van der Waals surface area (Å²) in [6.07, 6.45) is 0. The first-order valence-corrected chi connectivity index (χ1v) is 21.5. The van der Waals surface area contributed by atoms with E-state index in [4.69, 9.17) is 0 Å². The molecule has 288 valence electrons. The van der Waals surface area contributed by atoms with Crippen molar-refractivity contribution in [2.75, 3.05) is 0 Å². The van der Waals surface area contributed by atoms with Gasteiger partial charge in [0.15, 0.2) is 0 Å². The SMILES string of the molecule is c1ccc(-c2cc(-c3cccc(-c4c5ccccc5c(-c5cccc6c5ccc5cc7ccccc7cc56)c5ccccc45)c3)cc(-c3ccccc3)c2-c2ccccc2)cc1. The summed E-state index contributed by atoms with van der Waals surface area (Å²) in [4.78, 5) is 0. The third-order valence-electron chi connectivity index (χ3n) is 12.8. The second-order valence-corrected chi connectivity index (χ2v) is 16.4. The van der Waals surface area contributed by atoms with Gasteiger partial charge < -0.3 is 0 Å². The third-order valence-corrected chi connectivity index (χ3v) is 12.8. The van der Waals surface area contributed by atoms with Crippen LogP contribution in [0.4, 0.5) is 0 Å². The predicted octanol–water partition coefficient (Wildman–Crippen LogP) is 17.5. The smallest absolute Gasteiger partial charge is 0.00201 e. The van der Waals surface area contributed by atoms with Crippen molar-refractivity contribution in [1.82, 2.24) is 0 Å². The monoisotopic (exact) mass is 784 g/mol. The lowest BCUT2D eigenvalue weighted by Crippen LogP contribution is -1.94. The molecule has 0 aliphatic heterocycles. The Hall–Kier alpha value is -8.06. The van der Waals surface area contributed by atoms with Gasteiger partial charge >= 0.3 is 0 Å². The molecule has 0 amide bonds. The lowest BCUT2D eigenvalue weighted by atomic mass is 9.83. The van der Waals surface area contributed by atoms with Gasteiger partial charge in [0.05, 0.1) is 0 Å². The van der Waals surface area contributed by atoms with E-state index in [0.29, 0.717) is 0 Å². The van der Waals surface area contributed by atoms with Crippen LogP contribution in [0.15, 0.2) is 243 Å². The van der Waals surface area contributed by atoms with E-state index in [1.165, 1.54) is 121 Å². The molecule has 0 fully saturated rings. The molecule has 0 aliphatic carbocycles. The molecule has 62 heavy (non-hydrogen) atoms. The van der Waals surface area contributed by atoms with Crippen LogP contribution in [0.3, 0.4) is 0 Å². The predicted molar refractivity (Wildman–Crippen MR) is 267 cm³/mol. The summed E-state index contributed by atoms with van der Waals surface area (Å²) < 4.78 is 0. The fourth-order valence-corrected chi connectivity index (χ4v) is 10.00. The molecule has 0 heteroatoms. The highest BCUT2D eigenvalue weighted by Gasteiger charge is 2.21. The zero-order valence-electron chi connectivity index (χ0n) is 34.1. The van der Waals surface area contributed by atoms with E-state index >= 15 is 0 Å². The molecule has 0 N–H and O–H groups in total. The molecule has 0 atom stereocenters. The van der Waals surface area contributed by atoms with Gasteiger partial charge in [0, 0.05) is 0 Å². The van der Waals surface area contributed by atoms with Crippen molar-refractivity contribution in [2.45, 2.75) is 0 Å². The van der Waals surface area contributed by atoms with Crippen molar-refractivity contribution in [1.29, 1.82) is 0 Å². The Kier molecular flexibility index (Phi) is 8.61. The molecule has 0 saturated carbocycles. The summed E-state index contributed by atoms with van der Waals surface area (Å²) in [5.41, 5.74) is 14.6. The zero-order valence-corrected chi connectivity index (χ0v) is 34.1. The Bertz CT molecular complexity index is 3540. The second-order valence-electron chi connectivity index (χ2n) is 16.4. The van der Waals surface area contributed by atoms with E-state index in [0.717, 1.165) is 0 Å². The molecule has 0 aliphatic rings. The molecule has 12 aromatic carbocycles. The van der Waals surface area contributed by atoms with Gasteiger partial charge in [-0.05, 0) is 151 Å². The van der Waals surface area contributed by atoms with Crippen LogP contribution in [0.2, 0.25) is 0 Å². The van der Waals surface area contributed by atoms with Crippen molar-refractivity contribution in [3.05, 3.63) is 243 Å². The fourth-order valence-electron chi connectivity index (χ4n) is 10.00. The first-order chi connectivity index (χ1) is 30.8. The Morgan fingerprint density at radius 2 is 0.629 bits per heavy atom. The average molecular weight is 785 g/mol. The molecule has 12 aromatic rings. The maximum absolute atomic E-state index is 2.41. The molecule has 0 radical (unpaired) electrons. The van der Waals surface area contributed by atoms with Crippen LogP contribution in [0.25, 0.3) is 121 Å². The van der Waals surface area contributed by atoms with Crippen LogP contribution in [-0.4, -0.2) is 0 Å². The van der Waals surface area contributed by atoms with Crippen molar-refractivity contribution in [3.8, 4) is 66.8 Å². The Morgan fingerprint density at radius 1 is 0.161 bits per heavy atom. The first kappa shape index (κ1) is 35.8. The van der Waals surface area contributed by atoms with E-state index < -0.39 is 0 Å². The molecule has 0 nitrogen and oxygen atoms in total. The standard InChI is InChI=1S/C62H40/c1-4-18-41(19-5-1)58-39-49(40-59(42-20-6-2-7-21-42)60(58)43-22-8-3-9-23-43)45-26-16-27-48(37-45)61-53-28-12-14-30-55(53)62(56-31-15-13-29-54(56)61)52-33-17-32-50-51(52)35-34-47-36-44-24-10-11-25-46(44)38-57(47)50/h1-40H. The van der Waals surface area contributed by atoms with Gasteiger partial charge in [-0.1, -0.05) is 212 Å². The van der Waals surface area contributed by atoms with Gasteiger partial charge in [0.1, 0.15) is 0 Å². The Morgan fingerprint density at radius 3 is 1.24 bits per heavy atom. The van der Waals surface area contributed by atoms with Gasteiger partial charge in [0.25, 0.3) is 0 Å². The minimum absolute atomic E-state index is 1.18. The summed E-state index contributed by atoms with van der Waals surface area (Å²) >= 11 is 0. The Balaban J connectivity index is 1.08. The van der Waals surface area contributed by atoms with Gasteiger partial charge in [-0.25, -0.2) is 0 Å². The average Bonchev–Trinajstić information content (AvgIpc) is 3.35. The maximum Gasteiger partial charge on any atom is -0.00201 e. The summed E-state index contributed by atoms with van der Waals surface area (Å²) in [6, 6.07) is 89.4. The minimum Gasteiger partial charge on any atom is -0.0622 e. The molecular formula is C62H40. The fraction of sp³-hybridized carbons (Fsp3) is 0. The van der Waals surface area contributed by atoms with Crippen LogP contribution in [0.5, 0.6) is 0 Å². The number of fused-ring (bicyclic) bond motifs is 6. The largest absolute Gasteiger partial charge is 0.0622 e. The number of benzene rings is 12.